The highest BCUT2D eigenvalue weighted by Gasteiger charge is 2.21. The van der Waals surface area contributed by atoms with E-state index in [0.29, 0.717) is 22.8 Å². The van der Waals surface area contributed by atoms with Gasteiger partial charge >= 0.3 is 0 Å². The predicted octanol–water partition coefficient (Wildman–Crippen LogP) is 3.28. The number of rotatable bonds is 5. The molecule has 1 saturated heterocycles. The third-order valence-electron chi connectivity index (χ3n) is 4.46. The normalized spacial score (nSPS) is 14.5. The first kappa shape index (κ1) is 18.1. The van der Waals surface area contributed by atoms with Crippen molar-refractivity contribution in [2.75, 3.05) is 44.2 Å². The van der Waals surface area contributed by atoms with Crippen LogP contribution in [0.4, 0.5) is 5.69 Å². The second kappa shape index (κ2) is 8.58. The third-order valence-corrected chi connectivity index (χ3v) is 4.71. The van der Waals surface area contributed by atoms with Crippen molar-refractivity contribution < 1.29 is 4.74 Å². The van der Waals surface area contributed by atoms with Crippen LogP contribution in [0, 0.1) is 22.7 Å². The number of hydrogen-bond donors (Lipinski definition) is 0. The van der Waals surface area contributed by atoms with Gasteiger partial charge in [0.25, 0.3) is 0 Å². The maximum absolute atomic E-state index is 9.34. The molecule has 0 spiro atoms. The fourth-order valence-corrected chi connectivity index (χ4v) is 3.21. The molecule has 3 rings (SSSR count). The van der Waals surface area contributed by atoms with E-state index in [1.54, 1.807) is 18.2 Å². The number of piperazine rings is 1. The third kappa shape index (κ3) is 4.26. The molecule has 0 aliphatic carbocycles. The van der Waals surface area contributed by atoms with Gasteiger partial charge in [-0.25, -0.2) is 0 Å². The lowest BCUT2D eigenvalue weighted by Crippen LogP contribution is -2.48. The van der Waals surface area contributed by atoms with E-state index in [4.69, 9.17) is 16.3 Å². The highest BCUT2D eigenvalue weighted by atomic mass is 35.5. The molecule has 0 aromatic heterocycles. The average Bonchev–Trinajstić information content (AvgIpc) is 2.69. The molecular weight excluding hydrogens is 348 g/mol. The summed E-state index contributed by atoms with van der Waals surface area (Å²) in [4.78, 5) is 4.46. The van der Waals surface area contributed by atoms with Gasteiger partial charge in [0.05, 0.1) is 16.8 Å². The van der Waals surface area contributed by atoms with Crippen LogP contribution in [0.1, 0.15) is 11.1 Å². The van der Waals surface area contributed by atoms with Crippen molar-refractivity contribution in [2.24, 2.45) is 0 Å². The van der Waals surface area contributed by atoms with Gasteiger partial charge < -0.3 is 9.64 Å². The number of nitriles is 2. The average molecular weight is 367 g/mol. The molecule has 1 heterocycles. The van der Waals surface area contributed by atoms with E-state index >= 15 is 0 Å². The molecule has 0 amide bonds. The van der Waals surface area contributed by atoms with E-state index in [1.807, 2.05) is 24.3 Å². The minimum Gasteiger partial charge on any atom is -0.492 e. The van der Waals surface area contributed by atoms with Crippen LogP contribution in [0.25, 0.3) is 0 Å². The van der Waals surface area contributed by atoms with Crippen LogP contribution in [-0.2, 0) is 0 Å². The molecule has 0 bridgehead atoms. The molecule has 0 radical (unpaired) electrons. The summed E-state index contributed by atoms with van der Waals surface area (Å²) in [7, 11) is 0. The van der Waals surface area contributed by atoms with E-state index in [9.17, 15) is 10.5 Å². The summed E-state index contributed by atoms with van der Waals surface area (Å²) in [5, 5.41) is 19.4. The molecule has 2 aromatic carbocycles. The van der Waals surface area contributed by atoms with Gasteiger partial charge in [-0.1, -0.05) is 17.7 Å². The van der Waals surface area contributed by atoms with Crippen LogP contribution in [0.3, 0.4) is 0 Å². The first-order chi connectivity index (χ1) is 12.7. The van der Waals surface area contributed by atoms with E-state index in [1.165, 1.54) is 0 Å². The van der Waals surface area contributed by atoms with Crippen LogP contribution in [0.15, 0.2) is 42.5 Å². The molecule has 1 aliphatic heterocycles. The number of ether oxygens (including phenoxy) is 1. The summed E-state index contributed by atoms with van der Waals surface area (Å²) in [6, 6.07) is 17.0. The van der Waals surface area contributed by atoms with Gasteiger partial charge in [-0.3, -0.25) is 4.90 Å². The largest absolute Gasteiger partial charge is 0.492 e. The highest BCUT2D eigenvalue weighted by molar-refractivity contribution is 6.30. The number of hydrogen-bond acceptors (Lipinski definition) is 5. The molecule has 5 nitrogen and oxygen atoms in total. The maximum atomic E-state index is 9.34. The predicted molar refractivity (Wildman–Crippen MR) is 101 cm³/mol. The van der Waals surface area contributed by atoms with E-state index in [2.05, 4.69) is 21.9 Å². The van der Waals surface area contributed by atoms with E-state index in [-0.39, 0.29) is 0 Å². The monoisotopic (exact) mass is 366 g/mol. The summed E-state index contributed by atoms with van der Waals surface area (Å²) in [6.07, 6.45) is 0. The lowest BCUT2D eigenvalue weighted by Gasteiger charge is -2.36. The molecule has 132 valence electrons. The van der Waals surface area contributed by atoms with Gasteiger partial charge in [0.2, 0.25) is 0 Å². The molecular formula is C20H19ClN4O. The number of nitrogens with zero attached hydrogens (tertiary/aromatic N) is 4. The molecule has 0 saturated carbocycles. The molecule has 0 atom stereocenters. The lowest BCUT2D eigenvalue weighted by atomic mass is 10.1. The summed E-state index contributed by atoms with van der Waals surface area (Å²) in [5.74, 6) is 0.814. The first-order valence-electron chi connectivity index (χ1n) is 8.50. The van der Waals surface area contributed by atoms with Gasteiger partial charge in [0.1, 0.15) is 24.5 Å². The zero-order valence-corrected chi connectivity index (χ0v) is 15.1. The Morgan fingerprint density at radius 3 is 2.12 bits per heavy atom. The van der Waals surface area contributed by atoms with Gasteiger partial charge in [0, 0.05) is 37.7 Å². The lowest BCUT2D eigenvalue weighted by molar-refractivity contribution is 0.200. The van der Waals surface area contributed by atoms with Crippen molar-refractivity contribution in [1.29, 1.82) is 10.5 Å². The van der Waals surface area contributed by atoms with Crippen molar-refractivity contribution in [1.82, 2.24) is 4.90 Å². The van der Waals surface area contributed by atoms with Crippen LogP contribution in [0.2, 0.25) is 5.02 Å². The standard InChI is InChI=1S/C20H19ClN4O/c21-18-4-6-19(7-5-18)26-13-12-24-8-10-25(11-9-24)20-16(14-22)2-1-3-17(20)15-23/h1-7H,8-13H2. The zero-order valence-electron chi connectivity index (χ0n) is 14.4. The maximum Gasteiger partial charge on any atom is 0.119 e. The Hall–Kier alpha value is -2.73. The highest BCUT2D eigenvalue weighted by Crippen LogP contribution is 2.26. The Morgan fingerprint density at radius 2 is 1.54 bits per heavy atom. The topological polar surface area (TPSA) is 63.3 Å². The fourth-order valence-electron chi connectivity index (χ4n) is 3.08. The summed E-state index contributed by atoms with van der Waals surface area (Å²) >= 11 is 5.87. The van der Waals surface area contributed by atoms with Crippen molar-refractivity contribution in [3.63, 3.8) is 0 Å². The number of anilines is 1. The van der Waals surface area contributed by atoms with Crippen molar-refractivity contribution in [2.45, 2.75) is 0 Å². The zero-order chi connectivity index (χ0) is 18.4. The Labute approximate surface area is 158 Å². The van der Waals surface area contributed by atoms with Crippen LogP contribution >= 0.6 is 11.6 Å². The van der Waals surface area contributed by atoms with Gasteiger partial charge in [-0.2, -0.15) is 10.5 Å². The fraction of sp³-hybridized carbons (Fsp3) is 0.300. The molecule has 26 heavy (non-hydrogen) atoms. The van der Waals surface area contributed by atoms with Crippen molar-refractivity contribution in [3.05, 3.63) is 58.6 Å². The molecule has 0 N–H and O–H groups in total. The van der Waals surface area contributed by atoms with Gasteiger partial charge in [0.15, 0.2) is 0 Å². The second-order valence-electron chi connectivity index (χ2n) is 6.06. The quantitative estimate of drug-likeness (QED) is 0.812. The smallest absolute Gasteiger partial charge is 0.119 e. The van der Waals surface area contributed by atoms with Crippen LogP contribution in [0.5, 0.6) is 5.75 Å². The minimum atomic E-state index is 0.559. The van der Waals surface area contributed by atoms with E-state index < -0.39 is 0 Å². The first-order valence-corrected chi connectivity index (χ1v) is 8.88. The van der Waals surface area contributed by atoms with Crippen molar-refractivity contribution >= 4 is 17.3 Å². The molecule has 1 aliphatic rings. The molecule has 2 aromatic rings. The second-order valence-corrected chi connectivity index (χ2v) is 6.49. The van der Waals surface area contributed by atoms with Crippen LogP contribution in [-0.4, -0.2) is 44.2 Å². The van der Waals surface area contributed by atoms with Crippen molar-refractivity contribution in [3.8, 4) is 17.9 Å². The Kier molecular flexibility index (Phi) is 5.96. The summed E-state index contributed by atoms with van der Waals surface area (Å²) in [6.45, 7) is 4.76. The number of para-hydroxylation sites is 1. The molecule has 6 heteroatoms. The number of halogens is 1. The van der Waals surface area contributed by atoms with E-state index in [0.717, 1.165) is 44.2 Å². The SMILES string of the molecule is N#Cc1cccc(C#N)c1N1CCN(CCOc2ccc(Cl)cc2)CC1. The minimum absolute atomic E-state index is 0.559. The van der Waals surface area contributed by atoms with Gasteiger partial charge in [-0.05, 0) is 36.4 Å². The molecule has 0 unspecified atom stereocenters. The summed E-state index contributed by atoms with van der Waals surface area (Å²) in [5.41, 5.74) is 1.88. The number of benzene rings is 2. The Balaban J connectivity index is 1.53. The summed E-state index contributed by atoms with van der Waals surface area (Å²) < 4.78 is 5.75. The van der Waals surface area contributed by atoms with Gasteiger partial charge in [-0.15, -0.1) is 0 Å². The Bertz CT molecular complexity index is 798. The van der Waals surface area contributed by atoms with Crippen LogP contribution < -0.4 is 9.64 Å². The Morgan fingerprint density at radius 1 is 0.923 bits per heavy atom. The molecule has 1 fully saturated rings.